The third-order valence-electron chi connectivity index (χ3n) is 5.49. The Balaban J connectivity index is 1.96. The van der Waals surface area contributed by atoms with Crippen molar-refractivity contribution < 1.29 is 37.3 Å². The maximum atomic E-state index is 13.0. The van der Waals surface area contributed by atoms with Crippen LogP contribution >= 0.6 is 11.8 Å². The summed E-state index contributed by atoms with van der Waals surface area (Å²) < 4.78 is 50.1. The average Bonchev–Trinajstić information content (AvgIpc) is 2.87. The van der Waals surface area contributed by atoms with Crippen LogP contribution in [0.15, 0.2) is 48.5 Å². The van der Waals surface area contributed by atoms with Crippen LogP contribution in [-0.4, -0.2) is 65.9 Å². The molecule has 0 radical (unpaired) electrons. The van der Waals surface area contributed by atoms with E-state index >= 15 is 0 Å². The molecule has 0 saturated heterocycles. The SMILES string of the molecule is CCCCSCCN(CCOc1ccc(CC(OCC)C(=O)O)cc1)C(=O)Nc1cccc(C(F)(F)F)c1. The highest BCUT2D eigenvalue weighted by atomic mass is 32.2. The van der Waals surface area contributed by atoms with Crippen LogP contribution in [0.3, 0.4) is 0 Å². The van der Waals surface area contributed by atoms with Gasteiger partial charge in [-0.3, -0.25) is 0 Å². The molecule has 0 aromatic heterocycles. The van der Waals surface area contributed by atoms with Crippen molar-refractivity contribution in [3.8, 4) is 5.75 Å². The summed E-state index contributed by atoms with van der Waals surface area (Å²) in [6.07, 6.45) is -3.06. The Hall–Kier alpha value is -2.92. The summed E-state index contributed by atoms with van der Waals surface area (Å²) >= 11 is 1.71. The molecule has 0 bridgehead atoms. The monoisotopic (exact) mass is 556 g/mol. The molecule has 0 aliphatic heterocycles. The molecule has 11 heteroatoms. The van der Waals surface area contributed by atoms with Crippen molar-refractivity contribution in [2.24, 2.45) is 0 Å². The molecule has 1 unspecified atom stereocenters. The van der Waals surface area contributed by atoms with Gasteiger partial charge in [0.15, 0.2) is 6.10 Å². The molecule has 0 aliphatic rings. The first kappa shape index (κ1) is 31.3. The third kappa shape index (κ3) is 11.2. The Bertz CT molecular complexity index is 1000. The summed E-state index contributed by atoms with van der Waals surface area (Å²) in [6.45, 7) is 4.95. The zero-order valence-corrected chi connectivity index (χ0v) is 22.4. The van der Waals surface area contributed by atoms with Gasteiger partial charge in [0.2, 0.25) is 0 Å². The van der Waals surface area contributed by atoms with Crippen molar-refractivity contribution >= 4 is 29.4 Å². The summed E-state index contributed by atoms with van der Waals surface area (Å²) in [5, 5.41) is 11.8. The number of unbranched alkanes of at least 4 members (excludes halogenated alkanes) is 1. The van der Waals surface area contributed by atoms with E-state index in [2.05, 4.69) is 12.2 Å². The zero-order chi connectivity index (χ0) is 28.0. The highest BCUT2D eigenvalue weighted by molar-refractivity contribution is 7.99. The van der Waals surface area contributed by atoms with Gasteiger partial charge in [-0.2, -0.15) is 24.9 Å². The van der Waals surface area contributed by atoms with Crippen LogP contribution in [0.25, 0.3) is 0 Å². The summed E-state index contributed by atoms with van der Waals surface area (Å²) in [5.74, 6) is 1.18. The van der Waals surface area contributed by atoms with Gasteiger partial charge in [-0.05, 0) is 55.0 Å². The van der Waals surface area contributed by atoms with E-state index in [-0.39, 0.29) is 25.3 Å². The molecule has 0 heterocycles. The van der Waals surface area contributed by atoms with Crippen molar-refractivity contribution in [3.63, 3.8) is 0 Å². The number of aliphatic carboxylic acids is 1. The molecule has 2 aromatic carbocycles. The normalized spacial score (nSPS) is 12.1. The Morgan fingerprint density at radius 2 is 1.82 bits per heavy atom. The molecule has 2 amide bonds. The van der Waals surface area contributed by atoms with Gasteiger partial charge < -0.3 is 24.8 Å². The average molecular weight is 557 g/mol. The molecule has 2 N–H and O–H groups in total. The minimum Gasteiger partial charge on any atom is -0.492 e. The van der Waals surface area contributed by atoms with E-state index in [4.69, 9.17) is 9.47 Å². The second kappa shape index (κ2) is 16.1. The highest BCUT2D eigenvalue weighted by Gasteiger charge is 2.30. The minimum atomic E-state index is -4.50. The fraction of sp³-hybridized carbons (Fsp3) is 0.481. The first-order chi connectivity index (χ1) is 18.1. The molecule has 38 heavy (non-hydrogen) atoms. The largest absolute Gasteiger partial charge is 0.492 e. The van der Waals surface area contributed by atoms with Crippen LogP contribution in [0, 0.1) is 0 Å². The Kier molecular flexibility index (Phi) is 13.3. The second-order valence-corrected chi connectivity index (χ2v) is 9.67. The third-order valence-corrected chi connectivity index (χ3v) is 6.54. The number of carboxylic acids is 1. The van der Waals surface area contributed by atoms with E-state index in [0.29, 0.717) is 24.7 Å². The van der Waals surface area contributed by atoms with Crippen LogP contribution in [-0.2, 0) is 22.1 Å². The minimum absolute atomic E-state index is 0.0664. The Labute approximate surface area is 225 Å². The Morgan fingerprint density at radius 3 is 2.45 bits per heavy atom. The number of benzene rings is 2. The lowest BCUT2D eigenvalue weighted by Crippen LogP contribution is -2.39. The number of rotatable bonds is 16. The number of halogens is 3. The molecule has 210 valence electrons. The van der Waals surface area contributed by atoms with Gasteiger partial charge in [0.1, 0.15) is 12.4 Å². The number of hydrogen-bond donors (Lipinski definition) is 2. The van der Waals surface area contributed by atoms with E-state index in [1.165, 1.54) is 17.0 Å². The molecule has 0 spiro atoms. The fourth-order valence-corrected chi connectivity index (χ4v) is 4.49. The number of alkyl halides is 3. The second-order valence-electron chi connectivity index (χ2n) is 8.44. The van der Waals surface area contributed by atoms with Gasteiger partial charge >= 0.3 is 18.2 Å². The number of urea groups is 1. The number of anilines is 1. The number of thioether (sulfide) groups is 1. The van der Waals surface area contributed by atoms with Crippen LogP contribution in [0.4, 0.5) is 23.7 Å². The van der Waals surface area contributed by atoms with Gasteiger partial charge in [0, 0.05) is 31.0 Å². The van der Waals surface area contributed by atoms with E-state index in [1.54, 1.807) is 43.0 Å². The molecular formula is C27H35F3N2O5S. The first-order valence-corrected chi connectivity index (χ1v) is 13.7. The number of carboxylic acid groups (broad SMARTS) is 1. The lowest BCUT2D eigenvalue weighted by atomic mass is 10.1. The van der Waals surface area contributed by atoms with E-state index < -0.39 is 29.8 Å². The highest BCUT2D eigenvalue weighted by Crippen LogP contribution is 2.30. The maximum absolute atomic E-state index is 13.0. The van der Waals surface area contributed by atoms with Gasteiger partial charge in [-0.1, -0.05) is 31.5 Å². The maximum Gasteiger partial charge on any atom is 0.416 e. The predicted molar refractivity (Wildman–Crippen MR) is 143 cm³/mol. The van der Waals surface area contributed by atoms with Gasteiger partial charge in [-0.25, -0.2) is 9.59 Å². The summed E-state index contributed by atoms with van der Waals surface area (Å²) in [5.41, 5.74) is 0.0146. The number of hydrogen-bond acceptors (Lipinski definition) is 5. The number of carbonyl (C=O) groups is 2. The van der Waals surface area contributed by atoms with E-state index in [0.717, 1.165) is 36.3 Å². The summed E-state index contributed by atoms with van der Waals surface area (Å²) in [6, 6.07) is 11.0. The molecule has 2 rings (SSSR count). The lowest BCUT2D eigenvalue weighted by molar-refractivity contribution is -0.150. The molecule has 1 atom stereocenters. The number of ether oxygens (including phenoxy) is 2. The molecule has 7 nitrogen and oxygen atoms in total. The molecule has 0 fully saturated rings. The van der Waals surface area contributed by atoms with Crippen LogP contribution in [0.5, 0.6) is 5.75 Å². The summed E-state index contributed by atoms with van der Waals surface area (Å²) in [4.78, 5) is 25.7. The van der Waals surface area contributed by atoms with Crippen molar-refractivity contribution in [2.75, 3.05) is 43.1 Å². The van der Waals surface area contributed by atoms with Crippen molar-refractivity contribution in [1.82, 2.24) is 4.90 Å². The number of carbonyl (C=O) groups excluding carboxylic acids is 1. The fourth-order valence-electron chi connectivity index (χ4n) is 3.44. The zero-order valence-electron chi connectivity index (χ0n) is 21.6. The smallest absolute Gasteiger partial charge is 0.416 e. The quantitative estimate of drug-likeness (QED) is 0.240. The van der Waals surface area contributed by atoms with Crippen molar-refractivity contribution in [3.05, 3.63) is 59.7 Å². The van der Waals surface area contributed by atoms with E-state index in [9.17, 15) is 27.9 Å². The number of nitrogens with one attached hydrogen (secondary N) is 1. The molecule has 0 aliphatic carbocycles. The summed E-state index contributed by atoms with van der Waals surface area (Å²) in [7, 11) is 0. The first-order valence-electron chi connectivity index (χ1n) is 12.5. The van der Waals surface area contributed by atoms with Crippen LogP contribution in [0.1, 0.15) is 37.8 Å². The van der Waals surface area contributed by atoms with Crippen LogP contribution < -0.4 is 10.1 Å². The van der Waals surface area contributed by atoms with Crippen molar-refractivity contribution in [1.29, 1.82) is 0 Å². The standard InChI is InChI=1S/C27H35F3N2O5S/c1-3-5-16-38-17-14-32(26(35)31-22-8-6-7-21(19-22)27(28,29)30)13-15-37-23-11-9-20(10-12-23)18-24(25(33)34)36-4-2/h6-12,19,24H,3-5,13-18H2,1-2H3,(H,31,35)(H,33,34). The van der Waals surface area contributed by atoms with Gasteiger partial charge in [0.25, 0.3) is 0 Å². The lowest BCUT2D eigenvalue weighted by Gasteiger charge is -2.23. The van der Waals surface area contributed by atoms with Crippen LogP contribution in [0.2, 0.25) is 0 Å². The molecule has 2 aromatic rings. The topological polar surface area (TPSA) is 88.1 Å². The van der Waals surface area contributed by atoms with Gasteiger partial charge in [0.05, 0.1) is 12.1 Å². The molecule has 0 saturated carbocycles. The van der Waals surface area contributed by atoms with Gasteiger partial charge in [-0.15, -0.1) is 0 Å². The predicted octanol–water partition coefficient (Wildman–Crippen LogP) is 6.18. The number of nitrogens with zero attached hydrogens (tertiary/aromatic N) is 1. The number of amides is 2. The van der Waals surface area contributed by atoms with Crippen molar-refractivity contribution in [2.45, 2.75) is 45.4 Å². The Morgan fingerprint density at radius 1 is 1.08 bits per heavy atom. The van der Waals surface area contributed by atoms with E-state index in [1.807, 2.05) is 0 Å². The molecular weight excluding hydrogens is 521 g/mol.